The lowest BCUT2D eigenvalue weighted by molar-refractivity contribution is -0.138. The van der Waals surface area contributed by atoms with Gasteiger partial charge in [-0.15, -0.1) is 0 Å². The Morgan fingerprint density at radius 3 is 2.06 bits per heavy atom. The lowest BCUT2D eigenvalue weighted by atomic mass is 10.0. The topological polar surface area (TPSA) is 26.0 Å². The molecule has 0 radical (unpaired) electrons. The third-order valence-electron chi connectivity index (χ3n) is 1.90. The van der Waals surface area contributed by atoms with Crippen LogP contribution in [-0.4, -0.2) is 6.18 Å². The number of hydrogen-bond donors (Lipinski definition) is 1. The van der Waals surface area contributed by atoms with Crippen molar-refractivity contribution < 1.29 is 26.3 Å². The molecule has 0 aliphatic heterocycles. The fourth-order valence-corrected chi connectivity index (χ4v) is 1.23. The van der Waals surface area contributed by atoms with Crippen molar-refractivity contribution in [3.63, 3.8) is 0 Å². The van der Waals surface area contributed by atoms with Gasteiger partial charge >= 0.3 is 6.18 Å². The summed E-state index contributed by atoms with van der Waals surface area (Å²) in [5.74, 6) is -4.42. The summed E-state index contributed by atoms with van der Waals surface area (Å²) in [6.45, 7) is 0. The van der Waals surface area contributed by atoms with Gasteiger partial charge in [-0.3, -0.25) is 0 Å². The summed E-state index contributed by atoms with van der Waals surface area (Å²) in [5, 5.41) is 0. The van der Waals surface area contributed by atoms with E-state index < -0.39 is 41.7 Å². The van der Waals surface area contributed by atoms with Gasteiger partial charge in [-0.2, -0.15) is 13.2 Å². The van der Waals surface area contributed by atoms with Crippen LogP contribution in [0.1, 0.15) is 18.0 Å². The zero-order chi connectivity index (χ0) is 12.5. The van der Waals surface area contributed by atoms with Crippen LogP contribution in [0.5, 0.6) is 0 Å². The highest BCUT2D eigenvalue weighted by Crippen LogP contribution is 2.31. The van der Waals surface area contributed by atoms with Crippen LogP contribution in [0.3, 0.4) is 0 Å². The maximum Gasteiger partial charge on any atom is 0.390 e. The second-order valence-electron chi connectivity index (χ2n) is 3.18. The summed E-state index contributed by atoms with van der Waals surface area (Å²) in [4.78, 5) is 0. The zero-order valence-electron chi connectivity index (χ0n) is 7.78. The molecule has 0 saturated carbocycles. The lowest BCUT2D eigenvalue weighted by Gasteiger charge is -2.15. The Bertz CT molecular complexity index is 386. The Labute approximate surface area is 86.9 Å². The fraction of sp³-hybridized carbons (Fsp3) is 0.333. The van der Waals surface area contributed by atoms with Crippen LogP contribution in [0.25, 0.3) is 0 Å². The minimum absolute atomic E-state index is 0.481. The second-order valence-corrected chi connectivity index (χ2v) is 3.18. The van der Waals surface area contributed by atoms with Gasteiger partial charge < -0.3 is 5.73 Å². The molecule has 0 spiro atoms. The first-order chi connectivity index (χ1) is 7.22. The molecule has 0 aliphatic carbocycles. The van der Waals surface area contributed by atoms with Crippen LogP contribution in [0, 0.1) is 17.5 Å². The maximum absolute atomic E-state index is 13.0. The summed E-state index contributed by atoms with van der Waals surface area (Å²) < 4.78 is 74.5. The number of nitrogens with two attached hydrogens (primary N) is 1. The first kappa shape index (κ1) is 12.8. The van der Waals surface area contributed by atoms with Crippen LogP contribution in [0.2, 0.25) is 0 Å². The van der Waals surface area contributed by atoms with Crippen molar-refractivity contribution >= 4 is 0 Å². The molecule has 0 bridgehead atoms. The minimum Gasteiger partial charge on any atom is -0.323 e. The Morgan fingerprint density at radius 2 is 1.56 bits per heavy atom. The Hall–Kier alpha value is -1.24. The molecule has 1 nitrogen and oxygen atoms in total. The molecule has 1 rings (SSSR count). The number of hydrogen-bond acceptors (Lipinski definition) is 1. The van der Waals surface area contributed by atoms with Crippen LogP contribution >= 0.6 is 0 Å². The van der Waals surface area contributed by atoms with Gasteiger partial charge in [0.2, 0.25) is 0 Å². The van der Waals surface area contributed by atoms with Gasteiger partial charge in [0.25, 0.3) is 0 Å². The predicted octanol–water partition coefficient (Wildman–Crippen LogP) is 3.06. The lowest BCUT2D eigenvalue weighted by Crippen LogP contribution is -2.22. The molecule has 2 N–H and O–H groups in total. The zero-order valence-corrected chi connectivity index (χ0v) is 7.78. The van der Waals surface area contributed by atoms with Crippen LogP contribution in [0.15, 0.2) is 12.1 Å². The summed E-state index contributed by atoms with van der Waals surface area (Å²) >= 11 is 0. The molecular formula is C9H7F6N. The van der Waals surface area contributed by atoms with Crippen LogP contribution in [0.4, 0.5) is 26.3 Å². The Kier molecular flexibility index (Phi) is 3.47. The van der Waals surface area contributed by atoms with Gasteiger partial charge in [0, 0.05) is 11.6 Å². The standard InChI is InChI=1S/C9H7F6N/c10-4-1-2-5(11)8(12)7(4)6(16)3-9(13,14)15/h1-2,6H,3,16H2/t6-/m1/s1. The van der Waals surface area contributed by atoms with Crippen molar-refractivity contribution in [3.8, 4) is 0 Å². The minimum atomic E-state index is -4.68. The number of rotatable bonds is 2. The van der Waals surface area contributed by atoms with Gasteiger partial charge in [-0.05, 0) is 12.1 Å². The molecule has 0 heterocycles. The SMILES string of the molecule is N[C@H](CC(F)(F)F)c1c(F)ccc(F)c1F. The van der Waals surface area contributed by atoms with Gasteiger partial charge in [-0.1, -0.05) is 0 Å². The Morgan fingerprint density at radius 1 is 1.06 bits per heavy atom. The molecule has 1 aromatic rings. The van der Waals surface area contributed by atoms with Crippen molar-refractivity contribution in [2.24, 2.45) is 5.73 Å². The van der Waals surface area contributed by atoms with E-state index in [9.17, 15) is 26.3 Å². The molecule has 0 fully saturated rings. The highest BCUT2D eigenvalue weighted by Gasteiger charge is 2.33. The second kappa shape index (κ2) is 4.32. The molecular weight excluding hydrogens is 236 g/mol. The third-order valence-corrected chi connectivity index (χ3v) is 1.90. The van der Waals surface area contributed by atoms with E-state index >= 15 is 0 Å². The van der Waals surface area contributed by atoms with E-state index in [0.717, 1.165) is 0 Å². The van der Waals surface area contributed by atoms with Crippen molar-refractivity contribution in [2.75, 3.05) is 0 Å². The van der Waals surface area contributed by atoms with E-state index in [-0.39, 0.29) is 0 Å². The molecule has 0 unspecified atom stereocenters. The highest BCUT2D eigenvalue weighted by atomic mass is 19.4. The van der Waals surface area contributed by atoms with Crippen molar-refractivity contribution in [1.82, 2.24) is 0 Å². The molecule has 7 heteroatoms. The van der Waals surface area contributed by atoms with Gasteiger partial charge in [0.15, 0.2) is 11.6 Å². The monoisotopic (exact) mass is 243 g/mol. The summed E-state index contributed by atoms with van der Waals surface area (Å²) in [6.07, 6.45) is -6.30. The number of halogens is 6. The van der Waals surface area contributed by atoms with E-state index in [4.69, 9.17) is 5.73 Å². The average molecular weight is 243 g/mol. The highest BCUT2D eigenvalue weighted by molar-refractivity contribution is 5.24. The maximum atomic E-state index is 13.0. The first-order valence-electron chi connectivity index (χ1n) is 4.18. The molecule has 0 amide bonds. The smallest absolute Gasteiger partial charge is 0.323 e. The van der Waals surface area contributed by atoms with Crippen molar-refractivity contribution in [3.05, 3.63) is 35.1 Å². The number of alkyl halides is 3. The van der Waals surface area contributed by atoms with Gasteiger partial charge in [-0.25, -0.2) is 13.2 Å². The molecule has 0 saturated heterocycles. The number of benzene rings is 1. The molecule has 0 aliphatic rings. The van der Waals surface area contributed by atoms with Gasteiger partial charge in [0.1, 0.15) is 5.82 Å². The largest absolute Gasteiger partial charge is 0.390 e. The fourth-order valence-electron chi connectivity index (χ4n) is 1.23. The van der Waals surface area contributed by atoms with E-state index in [1.165, 1.54) is 0 Å². The molecule has 1 aromatic carbocycles. The van der Waals surface area contributed by atoms with Crippen molar-refractivity contribution in [2.45, 2.75) is 18.6 Å². The third kappa shape index (κ3) is 2.88. The Balaban J connectivity index is 3.08. The van der Waals surface area contributed by atoms with E-state index in [2.05, 4.69) is 0 Å². The normalized spacial score (nSPS) is 13.9. The molecule has 90 valence electrons. The molecule has 16 heavy (non-hydrogen) atoms. The first-order valence-corrected chi connectivity index (χ1v) is 4.18. The van der Waals surface area contributed by atoms with Crippen LogP contribution in [-0.2, 0) is 0 Å². The van der Waals surface area contributed by atoms with Gasteiger partial charge in [0.05, 0.1) is 6.42 Å². The summed E-state index contributed by atoms with van der Waals surface area (Å²) in [5.41, 5.74) is 3.90. The molecule has 0 aromatic heterocycles. The predicted molar refractivity (Wildman–Crippen MR) is 43.9 cm³/mol. The average Bonchev–Trinajstić information content (AvgIpc) is 2.09. The molecule has 1 atom stereocenters. The van der Waals surface area contributed by atoms with E-state index in [0.29, 0.717) is 12.1 Å². The summed E-state index contributed by atoms with van der Waals surface area (Å²) in [7, 11) is 0. The van der Waals surface area contributed by atoms with E-state index in [1.807, 2.05) is 0 Å². The van der Waals surface area contributed by atoms with Crippen molar-refractivity contribution in [1.29, 1.82) is 0 Å². The summed E-state index contributed by atoms with van der Waals surface area (Å²) in [6, 6.07) is -0.950. The quantitative estimate of drug-likeness (QED) is 0.627. The van der Waals surface area contributed by atoms with Crippen LogP contribution < -0.4 is 5.73 Å². The van der Waals surface area contributed by atoms with E-state index in [1.54, 1.807) is 0 Å².